The average molecular weight is 367 g/mol. The molecule has 0 aromatic heterocycles. The summed E-state index contributed by atoms with van der Waals surface area (Å²) < 4.78 is 5.12. The lowest BCUT2D eigenvalue weighted by Gasteiger charge is -2.27. The van der Waals surface area contributed by atoms with E-state index >= 15 is 0 Å². The number of methoxy groups -OCH3 is 1. The topological polar surface area (TPSA) is 70.7 Å². The third-order valence-corrected chi connectivity index (χ3v) is 4.49. The first kappa shape index (κ1) is 18.9. The molecule has 2 aromatic carbocycles. The quantitative estimate of drug-likeness (QED) is 0.752. The van der Waals surface area contributed by atoms with Crippen LogP contribution in [0, 0.1) is 0 Å². The van der Waals surface area contributed by atoms with E-state index in [1.54, 1.807) is 43.3 Å². The molecule has 0 saturated heterocycles. The zero-order chi connectivity index (χ0) is 19.2. The van der Waals surface area contributed by atoms with Gasteiger partial charge in [0.15, 0.2) is 0 Å². The van der Waals surface area contributed by atoms with Crippen molar-refractivity contribution in [3.63, 3.8) is 0 Å². The Kier molecular flexibility index (Phi) is 6.08. The highest BCUT2D eigenvalue weighted by molar-refractivity contribution is 5.93. The molecule has 2 N–H and O–H groups in total. The molecule has 0 aliphatic heterocycles. The highest BCUT2D eigenvalue weighted by Gasteiger charge is 2.31. The van der Waals surface area contributed by atoms with E-state index in [1.807, 2.05) is 30.3 Å². The van der Waals surface area contributed by atoms with Gasteiger partial charge in [0, 0.05) is 11.7 Å². The van der Waals surface area contributed by atoms with E-state index in [1.165, 1.54) is 0 Å². The molecule has 2 aromatic rings. The molecule has 6 heteroatoms. The van der Waals surface area contributed by atoms with Crippen LogP contribution in [0.2, 0.25) is 0 Å². The number of carbonyl (C=O) groups is 2. The molecule has 0 heterocycles. The summed E-state index contributed by atoms with van der Waals surface area (Å²) >= 11 is 0. The normalized spacial score (nSPS) is 14.5. The Morgan fingerprint density at radius 2 is 1.78 bits per heavy atom. The number of benzene rings is 2. The molecule has 27 heavy (non-hydrogen) atoms. The van der Waals surface area contributed by atoms with Crippen molar-refractivity contribution in [1.82, 2.24) is 10.2 Å². The molecule has 1 fully saturated rings. The molecule has 3 rings (SSSR count). The fraction of sp³-hybridized carbons (Fsp3) is 0.333. The molecular formula is C21H25N3O3. The average Bonchev–Trinajstić information content (AvgIpc) is 3.47. The largest absolute Gasteiger partial charge is 0.497 e. The first-order valence-corrected chi connectivity index (χ1v) is 9.06. The number of amides is 2. The van der Waals surface area contributed by atoms with E-state index < -0.39 is 6.04 Å². The van der Waals surface area contributed by atoms with Crippen molar-refractivity contribution >= 4 is 17.5 Å². The maximum atomic E-state index is 12.7. The van der Waals surface area contributed by atoms with Crippen LogP contribution in [0.1, 0.15) is 24.4 Å². The third-order valence-electron chi connectivity index (χ3n) is 4.49. The molecule has 0 radical (unpaired) electrons. The zero-order valence-electron chi connectivity index (χ0n) is 15.6. The number of rotatable bonds is 8. The third kappa shape index (κ3) is 5.31. The second kappa shape index (κ2) is 8.68. The van der Waals surface area contributed by atoms with Crippen LogP contribution in [-0.4, -0.2) is 43.5 Å². The van der Waals surface area contributed by atoms with Gasteiger partial charge in [-0.1, -0.05) is 30.3 Å². The summed E-state index contributed by atoms with van der Waals surface area (Å²) in [4.78, 5) is 27.0. The van der Waals surface area contributed by atoms with Gasteiger partial charge in [0.05, 0.1) is 13.7 Å². The monoisotopic (exact) mass is 367 g/mol. The van der Waals surface area contributed by atoms with Crippen LogP contribution in [0.5, 0.6) is 5.75 Å². The van der Waals surface area contributed by atoms with E-state index in [9.17, 15) is 9.59 Å². The number of anilines is 1. The number of ether oxygens (including phenoxy) is 1. The highest BCUT2D eigenvalue weighted by Crippen LogP contribution is 2.24. The van der Waals surface area contributed by atoms with Crippen LogP contribution in [0.3, 0.4) is 0 Å². The molecule has 1 saturated carbocycles. The lowest BCUT2D eigenvalue weighted by molar-refractivity contribution is -0.127. The van der Waals surface area contributed by atoms with Gasteiger partial charge in [0.25, 0.3) is 0 Å². The highest BCUT2D eigenvalue weighted by atomic mass is 16.5. The van der Waals surface area contributed by atoms with Crippen LogP contribution in [0.25, 0.3) is 0 Å². The van der Waals surface area contributed by atoms with Crippen molar-refractivity contribution in [3.05, 3.63) is 60.2 Å². The second-order valence-corrected chi connectivity index (χ2v) is 6.79. The lowest BCUT2D eigenvalue weighted by Crippen LogP contribution is -2.42. The molecule has 0 unspecified atom stereocenters. The molecule has 6 nitrogen and oxygen atoms in total. The van der Waals surface area contributed by atoms with E-state index in [-0.39, 0.29) is 24.4 Å². The van der Waals surface area contributed by atoms with Gasteiger partial charge in [-0.25, -0.2) is 0 Å². The summed E-state index contributed by atoms with van der Waals surface area (Å²) in [6.45, 7) is 0.101. The van der Waals surface area contributed by atoms with Crippen LogP contribution in [0.4, 0.5) is 5.69 Å². The standard InChI is InChI=1S/C21H25N3O3/c1-24(14-19(25)22-16-10-12-18(27-2)13-11-16)20(15-6-4-3-5-7-15)21(26)23-17-8-9-17/h3-7,10-13,17,20H,8-9,14H2,1-2H3,(H,22,25)(H,23,26)/t20-/m0/s1. The number of hydrogen-bond acceptors (Lipinski definition) is 4. The van der Waals surface area contributed by atoms with Crippen LogP contribution in [-0.2, 0) is 9.59 Å². The fourth-order valence-electron chi connectivity index (χ4n) is 2.94. The van der Waals surface area contributed by atoms with Crippen LogP contribution >= 0.6 is 0 Å². The molecule has 1 atom stereocenters. The van der Waals surface area contributed by atoms with Gasteiger partial charge >= 0.3 is 0 Å². The Morgan fingerprint density at radius 3 is 2.37 bits per heavy atom. The number of likely N-dealkylation sites (N-methyl/N-ethyl adjacent to an activating group) is 1. The Morgan fingerprint density at radius 1 is 1.11 bits per heavy atom. The maximum Gasteiger partial charge on any atom is 0.242 e. The smallest absolute Gasteiger partial charge is 0.242 e. The van der Waals surface area contributed by atoms with E-state index in [4.69, 9.17) is 4.74 Å². The number of carbonyl (C=O) groups excluding carboxylic acids is 2. The number of nitrogens with one attached hydrogen (secondary N) is 2. The van der Waals surface area contributed by atoms with Gasteiger partial charge in [-0.3, -0.25) is 14.5 Å². The second-order valence-electron chi connectivity index (χ2n) is 6.79. The van der Waals surface area contributed by atoms with Gasteiger partial charge in [-0.2, -0.15) is 0 Å². The van der Waals surface area contributed by atoms with Gasteiger partial charge in [-0.05, 0) is 49.7 Å². The predicted molar refractivity (Wildman–Crippen MR) is 105 cm³/mol. The first-order chi connectivity index (χ1) is 13.1. The van der Waals surface area contributed by atoms with Gasteiger partial charge < -0.3 is 15.4 Å². The van der Waals surface area contributed by atoms with Crippen molar-refractivity contribution < 1.29 is 14.3 Å². The minimum atomic E-state index is -0.506. The van der Waals surface area contributed by atoms with Crippen molar-refractivity contribution in [2.75, 3.05) is 26.0 Å². The van der Waals surface area contributed by atoms with E-state index in [0.717, 1.165) is 24.2 Å². The summed E-state index contributed by atoms with van der Waals surface area (Å²) in [5, 5.41) is 5.90. The number of nitrogens with zero attached hydrogens (tertiary/aromatic N) is 1. The molecular weight excluding hydrogens is 342 g/mol. The minimum Gasteiger partial charge on any atom is -0.497 e. The van der Waals surface area contributed by atoms with Crippen molar-refractivity contribution in [2.24, 2.45) is 0 Å². The fourth-order valence-corrected chi connectivity index (χ4v) is 2.94. The van der Waals surface area contributed by atoms with Crippen LogP contribution < -0.4 is 15.4 Å². The summed E-state index contributed by atoms with van der Waals surface area (Å²) in [7, 11) is 3.39. The zero-order valence-corrected chi connectivity index (χ0v) is 15.6. The van der Waals surface area contributed by atoms with E-state index in [2.05, 4.69) is 10.6 Å². The van der Waals surface area contributed by atoms with Crippen molar-refractivity contribution in [2.45, 2.75) is 24.9 Å². The molecule has 0 bridgehead atoms. The van der Waals surface area contributed by atoms with E-state index in [0.29, 0.717) is 5.69 Å². The molecule has 1 aliphatic rings. The summed E-state index contributed by atoms with van der Waals surface area (Å²) in [6.07, 6.45) is 2.05. The van der Waals surface area contributed by atoms with Gasteiger partial charge in [0.1, 0.15) is 11.8 Å². The molecule has 2 amide bonds. The maximum absolute atomic E-state index is 12.7. The minimum absolute atomic E-state index is 0.0663. The summed E-state index contributed by atoms with van der Waals surface area (Å²) in [6, 6.07) is 16.4. The van der Waals surface area contributed by atoms with Gasteiger partial charge in [-0.15, -0.1) is 0 Å². The summed E-state index contributed by atoms with van der Waals surface area (Å²) in [5.41, 5.74) is 1.56. The first-order valence-electron chi connectivity index (χ1n) is 9.06. The Bertz CT molecular complexity index is 773. The summed E-state index contributed by atoms with van der Waals surface area (Å²) in [5.74, 6) is 0.484. The Hall–Kier alpha value is -2.86. The lowest BCUT2D eigenvalue weighted by atomic mass is 10.0. The SMILES string of the molecule is COc1ccc(NC(=O)CN(C)[C@H](C(=O)NC2CC2)c2ccccc2)cc1. The van der Waals surface area contributed by atoms with Crippen molar-refractivity contribution in [3.8, 4) is 5.75 Å². The molecule has 0 spiro atoms. The van der Waals surface area contributed by atoms with Gasteiger partial charge in [0.2, 0.25) is 11.8 Å². The molecule has 142 valence electrons. The van der Waals surface area contributed by atoms with Crippen molar-refractivity contribution in [1.29, 1.82) is 0 Å². The number of hydrogen-bond donors (Lipinski definition) is 2. The predicted octanol–water partition coefficient (Wildman–Crippen LogP) is 2.59. The van der Waals surface area contributed by atoms with Crippen LogP contribution in [0.15, 0.2) is 54.6 Å². The Balaban J connectivity index is 1.66. The Labute approximate surface area is 159 Å². The molecule has 1 aliphatic carbocycles.